The fourth-order valence-electron chi connectivity index (χ4n) is 2.07. The normalized spacial score (nSPS) is 10.8. The Morgan fingerprint density at radius 1 is 1.33 bits per heavy atom. The number of aromatic hydroxyl groups is 1. The smallest absolute Gasteiger partial charge is 0.338 e. The molecule has 0 radical (unpaired) electrons. The molecule has 0 aliphatic heterocycles. The maximum atomic E-state index is 11.6. The number of esters is 1. The second kappa shape index (κ2) is 7.36. The van der Waals surface area contributed by atoms with Gasteiger partial charge in [0.1, 0.15) is 0 Å². The maximum Gasteiger partial charge on any atom is 0.338 e. The molecule has 2 aromatic rings. The molecule has 0 fully saturated rings. The van der Waals surface area contributed by atoms with E-state index in [0.29, 0.717) is 23.4 Å². The Hall–Kier alpha value is -3.22. The van der Waals surface area contributed by atoms with Crippen LogP contribution in [0, 0.1) is 17.0 Å². The Balaban J connectivity index is 2.25. The van der Waals surface area contributed by atoms with Gasteiger partial charge in [0.05, 0.1) is 22.8 Å². The van der Waals surface area contributed by atoms with Gasteiger partial charge >= 0.3 is 11.7 Å². The Kier molecular flexibility index (Phi) is 5.26. The van der Waals surface area contributed by atoms with Crippen LogP contribution in [0.5, 0.6) is 5.75 Å². The van der Waals surface area contributed by atoms with Gasteiger partial charge in [-0.05, 0) is 49.7 Å². The molecule has 7 nitrogen and oxygen atoms in total. The van der Waals surface area contributed by atoms with Crippen LogP contribution < -0.4 is 0 Å². The molecule has 0 spiro atoms. The van der Waals surface area contributed by atoms with Gasteiger partial charge in [0.15, 0.2) is 0 Å². The molecule has 0 aromatic heterocycles. The minimum Gasteiger partial charge on any atom is -0.502 e. The summed E-state index contributed by atoms with van der Waals surface area (Å²) in [6, 6.07) is 9.26. The summed E-state index contributed by atoms with van der Waals surface area (Å²) in [7, 11) is 0. The van der Waals surface area contributed by atoms with Crippen LogP contribution in [0.1, 0.15) is 28.4 Å². The van der Waals surface area contributed by atoms with Crippen molar-refractivity contribution in [1.29, 1.82) is 0 Å². The third kappa shape index (κ3) is 3.95. The minimum absolute atomic E-state index is 0.246. The lowest BCUT2D eigenvalue weighted by Gasteiger charge is -2.03. The molecular weight excluding hydrogens is 312 g/mol. The highest BCUT2D eigenvalue weighted by atomic mass is 16.6. The van der Waals surface area contributed by atoms with E-state index in [1.807, 2.05) is 0 Å². The highest BCUT2D eigenvalue weighted by molar-refractivity contribution is 5.90. The van der Waals surface area contributed by atoms with Gasteiger partial charge in [0.25, 0.3) is 0 Å². The summed E-state index contributed by atoms with van der Waals surface area (Å²) in [6.45, 7) is 3.71. The van der Waals surface area contributed by atoms with Gasteiger partial charge in [-0.1, -0.05) is 0 Å². The summed E-state index contributed by atoms with van der Waals surface area (Å²) in [5.74, 6) is -0.850. The summed E-state index contributed by atoms with van der Waals surface area (Å²) in [6.07, 6.45) is 1.34. The number of phenolic OH excluding ortho intramolecular Hbond substituents is 1. The molecule has 0 unspecified atom stereocenters. The van der Waals surface area contributed by atoms with E-state index in [1.165, 1.54) is 12.3 Å². The van der Waals surface area contributed by atoms with Crippen LogP contribution in [0.4, 0.5) is 11.4 Å². The summed E-state index contributed by atoms with van der Waals surface area (Å²) >= 11 is 0. The number of rotatable bonds is 5. The highest BCUT2D eigenvalue weighted by Crippen LogP contribution is 2.30. The van der Waals surface area contributed by atoms with Gasteiger partial charge in [-0.2, -0.15) is 0 Å². The number of carbonyl (C=O) groups is 1. The van der Waals surface area contributed by atoms with Crippen molar-refractivity contribution in [1.82, 2.24) is 0 Å². The van der Waals surface area contributed by atoms with Crippen LogP contribution >= 0.6 is 0 Å². The molecule has 0 amide bonds. The molecule has 0 atom stereocenters. The number of nitrogens with zero attached hydrogens (tertiary/aromatic N) is 2. The molecule has 0 aliphatic carbocycles. The Morgan fingerprint density at radius 2 is 2.00 bits per heavy atom. The number of benzene rings is 2. The first-order valence-electron chi connectivity index (χ1n) is 7.21. The van der Waals surface area contributed by atoms with Crippen LogP contribution in [0.25, 0.3) is 0 Å². The van der Waals surface area contributed by atoms with E-state index < -0.39 is 16.6 Å². The van der Waals surface area contributed by atoms with Gasteiger partial charge in [-0.25, -0.2) is 4.79 Å². The van der Waals surface area contributed by atoms with E-state index in [0.717, 1.165) is 0 Å². The predicted octanol–water partition coefficient (Wildman–Crippen LogP) is 3.54. The molecule has 1 N–H and O–H groups in total. The third-order valence-corrected chi connectivity index (χ3v) is 3.19. The number of aryl methyl sites for hydroxylation is 1. The zero-order valence-corrected chi connectivity index (χ0v) is 13.2. The minimum atomic E-state index is -0.645. The summed E-state index contributed by atoms with van der Waals surface area (Å²) in [4.78, 5) is 26.0. The summed E-state index contributed by atoms with van der Waals surface area (Å²) < 4.78 is 4.89. The Bertz CT molecular complexity index is 797. The van der Waals surface area contributed by atoms with E-state index in [-0.39, 0.29) is 11.3 Å². The number of hydrogen-bond acceptors (Lipinski definition) is 6. The molecule has 0 aliphatic rings. The largest absolute Gasteiger partial charge is 0.502 e. The molecule has 124 valence electrons. The van der Waals surface area contributed by atoms with Crippen molar-refractivity contribution < 1.29 is 19.6 Å². The third-order valence-electron chi connectivity index (χ3n) is 3.19. The van der Waals surface area contributed by atoms with Gasteiger partial charge < -0.3 is 9.84 Å². The zero-order valence-electron chi connectivity index (χ0n) is 13.2. The van der Waals surface area contributed by atoms with Gasteiger partial charge in [-0.15, -0.1) is 0 Å². The summed E-state index contributed by atoms with van der Waals surface area (Å²) in [5.41, 5.74) is 1.46. The fourth-order valence-corrected chi connectivity index (χ4v) is 2.07. The summed E-state index contributed by atoms with van der Waals surface area (Å²) in [5, 5.41) is 20.9. The standard InChI is InChI=1S/C17H16N2O5/c1-3-24-17(21)12-4-6-14(7-5-12)18-10-13-8-11(2)9-15(16(13)20)19(22)23/h4-10,20H,3H2,1-2H3. The maximum absolute atomic E-state index is 11.6. The van der Waals surface area contributed by atoms with E-state index in [9.17, 15) is 20.0 Å². The molecule has 0 saturated carbocycles. The number of hydrogen-bond donors (Lipinski definition) is 1. The van der Waals surface area contributed by atoms with Crippen LogP contribution in [-0.4, -0.2) is 28.8 Å². The lowest BCUT2D eigenvalue weighted by molar-refractivity contribution is -0.385. The van der Waals surface area contributed by atoms with Crippen molar-refractivity contribution in [2.75, 3.05) is 6.61 Å². The van der Waals surface area contributed by atoms with Crippen molar-refractivity contribution >= 4 is 23.6 Å². The van der Waals surface area contributed by atoms with Crippen LogP contribution in [-0.2, 0) is 4.74 Å². The second-order valence-corrected chi connectivity index (χ2v) is 5.00. The fraction of sp³-hybridized carbons (Fsp3) is 0.176. The van der Waals surface area contributed by atoms with E-state index in [2.05, 4.69) is 4.99 Å². The number of aliphatic imine (C=N–C) groups is 1. The molecule has 0 saturated heterocycles. The molecule has 2 rings (SSSR count). The Labute approximate surface area is 138 Å². The average molecular weight is 328 g/mol. The average Bonchev–Trinajstić information content (AvgIpc) is 2.55. The zero-order chi connectivity index (χ0) is 17.7. The van der Waals surface area contributed by atoms with Crippen molar-refractivity contribution in [3.63, 3.8) is 0 Å². The lowest BCUT2D eigenvalue weighted by Crippen LogP contribution is -2.03. The number of nitro groups is 1. The van der Waals surface area contributed by atoms with E-state index in [4.69, 9.17) is 4.74 Å². The first-order chi connectivity index (χ1) is 11.4. The SMILES string of the molecule is CCOC(=O)c1ccc(N=Cc2cc(C)cc([N+](=O)[O-])c2O)cc1. The molecule has 0 heterocycles. The van der Waals surface area contributed by atoms with E-state index in [1.54, 1.807) is 44.2 Å². The molecule has 7 heteroatoms. The van der Waals surface area contributed by atoms with Crippen LogP contribution in [0.15, 0.2) is 41.4 Å². The Morgan fingerprint density at radius 3 is 2.58 bits per heavy atom. The predicted molar refractivity (Wildman–Crippen MR) is 89.2 cm³/mol. The van der Waals surface area contributed by atoms with Gasteiger partial charge in [0, 0.05) is 17.8 Å². The molecule has 24 heavy (non-hydrogen) atoms. The molecule has 0 bridgehead atoms. The van der Waals surface area contributed by atoms with E-state index >= 15 is 0 Å². The first kappa shape index (κ1) is 17.1. The van der Waals surface area contributed by atoms with Crippen LogP contribution in [0.3, 0.4) is 0 Å². The first-order valence-corrected chi connectivity index (χ1v) is 7.21. The van der Waals surface area contributed by atoms with Crippen molar-refractivity contribution in [2.24, 2.45) is 4.99 Å². The van der Waals surface area contributed by atoms with Gasteiger partial charge in [0.2, 0.25) is 5.75 Å². The lowest BCUT2D eigenvalue weighted by atomic mass is 10.1. The number of ether oxygens (including phenoxy) is 1. The number of nitro benzene ring substituents is 1. The van der Waals surface area contributed by atoms with Crippen molar-refractivity contribution in [3.8, 4) is 5.75 Å². The topological polar surface area (TPSA) is 102 Å². The molecular formula is C17H16N2O5. The van der Waals surface area contributed by atoms with Gasteiger partial charge in [-0.3, -0.25) is 15.1 Å². The van der Waals surface area contributed by atoms with Crippen LogP contribution in [0.2, 0.25) is 0 Å². The molecule has 2 aromatic carbocycles. The monoisotopic (exact) mass is 328 g/mol. The quantitative estimate of drug-likeness (QED) is 0.391. The van der Waals surface area contributed by atoms with Crippen molar-refractivity contribution in [2.45, 2.75) is 13.8 Å². The number of carbonyl (C=O) groups excluding carboxylic acids is 1. The van der Waals surface area contributed by atoms with Crippen molar-refractivity contribution in [3.05, 3.63) is 63.2 Å². The number of phenols is 1. The second-order valence-electron chi connectivity index (χ2n) is 5.00. The highest BCUT2D eigenvalue weighted by Gasteiger charge is 2.17.